The normalized spacial score (nSPS) is 23.1. The number of nitrogens with zero attached hydrogens (tertiary/aromatic N) is 3. The number of amides is 1. The van der Waals surface area contributed by atoms with E-state index in [1.165, 1.54) is 6.20 Å². The maximum Gasteiger partial charge on any atom is 0.274 e. The van der Waals surface area contributed by atoms with Crippen molar-refractivity contribution in [3.63, 3.8) is 0 Å². The second kappa shape index (κ2) is 5.75. The molecule has 6 heteroatoms. The molecule has 1 aliphatic rings. The second-order valence-corrected chi connectivity index (χ2v) is 5.65. The molecule has 2 atom stereocenters. The summed E-state index contributed by atoms with van der Waals surface area (Å²) < 4.78 is 5.64. The molecule has 1 saturated heterocycles. The van der Waals surface area contributed by atoms with E-state index < -0.39 is 0 Å². The van der Waals surface area contributed by atoms with Gasteiger partial charge in [-0.2, -0.15) is 0 Å². The molecule has 1 aromatic heterocycles. The average molecular weight is 278 g/mol. The topological polar surface area (TPSA) is 81.3 Å². The quantitative estimate of drug-likeness (QED) is 0.885. The van der Waals surface area contributed by atoms with Gasteiger partial charge in [0, 0.05) is 19.0 Å². The van der Waals surface area contributed by atoms with Gasteiger partial charge < -0.3 is 15.4 Å². The Morgan fingerprint density at radius 3 is 2.55 bits per heavy atom. The number of ether oxygens (including phenoxy) is 1. The fourth-order valence-electron chi connectivity index (χ4n) is 2.35. The Morgan fingerprint density at radius 2 is 2.00 bits per heavy atom. The minimum Gasteiger partial charge on any atom is -0.396 e. The van der Waals surface area contributed by atoms with E-state index >= 15 is 0 Å². The largest absolute Gasteiger partial charge is 0.396 e. The predicted octanol–water partition coefficient (Wildman–Crippen LogP) is 1.43. The lowest BCUT2D eigenvalue weighted by Crippen LogP contribution is -2.48. The van der Waals surface area contributed by atoms with Crippen molar-refractivity contribution in [2.75, 3.05) is 18.8 Å². The van der Waals surface area contributed by atoms with E-state index in [2.05, 4.69) is 9.97 Å². The lowest BCUT2D eigenvalue weighted by atomic mass is 10.1. The summed E-state index contributed by atoms with van der Waals surface area (Å²) in [5, 5.41) is 0. The standard InChI is InChI=1S/C14H22N4O2/c1-8(2)13-16-5-11(15)12(17-13)14(19)18-6-9(3)20-10(4)7-18/h5,8-10H,6-7,15H2,1-4H3. The van der Waals surface area contributed by atoms with Crippen LogP contribution in [0, 0.1) is 0 Å². The van der Waals surface area contributed by atoms with Crippen LogP contribution in [0.3, 0.4) is 0 Å². The summed E-state index contributed by atoms with van der Waals surface area (Å²) in [7, 11) is 0. The first kappa shape index (κ1) is 14.7. The number of hydrogen-bond acceptors (Lipinski definition) is 5. The van der Waals surface area contributed by atoms with E-state index in [0.717, 1.165) is 0 Å². The number of carbonyl (C=O) groups is 1. The van der Waals surface area contributed by atoms with Crippen molar-refractivity contribution in [2.45, 2.75) is 45.8 Å². The van der Waals surface area contributed by atoms with E-state index in [1.54, 1.807) is 4.90 Å². The van der Waals surface area contributed by atoms with Crippen molar-refractivity contribution in [3.05, 3.63) is 17.7 Å². The third-order valence-electron chi connectivity index (χ3n) is 3.26. The molecule has 0 aromatic carbocycles. The molecule has 1 aromatic rings. The lowest BCUT2D eigenvalue weighted by molar-refractivity contribution is -0.0587. The van der Waals surface area contributed by atoms with Crippen molar-refractivity contribution in [3.8, 4) is 0 Å². The number of hydrogen-bond donors (Lipinski definition) is 1. The van der Waals surface area contributed by atoms with E-state index in [0.29, 0.717) is 30.3 Å². The monoisotopic (exact) mass is 278 g/mol. The first-order chi connectivity index (χ1) is 9.38. The van der Waals surface area contributed by atoms with Crippen molar-refractivity contribution >= 4 is 11.6 Å². The fourth-order valence-corrected chi connectivity index (χ4v) is 2.35. The van der Waals surface area contributed by atoms with Gasteiger partial charge in [0.15, 0.2) is 5.69 Å². The Hall–Kier alpha value is -1.69. The summed E-state index contributed by atoms with van der Waals surface area (Å²) in [6.07, 6.45) is 1.56. The van der Waals surface area contributed by atoms with Gasteiger partial charge in [0.05, 0.1) is 24.1 Å². The van der Waals surface area contributed by atoms with Crippen LogP contribution in [-0.2, 0) is 4.74 Å². The highest BCUT2D eigenvalue weighted by atomic mass is 16.5. The van der Waals surface area contributed by atoms with Crippen LogP contribution in [0.4, 0.5) is 5.69 Å². The molecular weight excluding hydrogens is 256 g/mol. The van der Waals surface area contributed by atoms with Crippen molar-refractivity contribution in [1.29, 1.82) is 0 Å². The maximum absolute atomic E-state index is 12.6. The molecule has 0 radical (unpaired) electrons. The second-order valence-electron chi connectivity index (χ2n) is 5.65. The van der Waals surface area contributed by atoms with Crippen molar-refractivity contribution in [1.82, 2.24) is 14.9 Å². The predicted molar refractivity (Wildman–Crippen MR) is 76.4 cm³/mol. The van der Waals surface area contributed by atoms with E-state index in [9.17, 15) is 4.79 Å². The first-order valence-electron chi connectivity index (χ1n) is 6.95. The van der Waals surface area contributed by atoms with Crippen LogP contribution in [-0.4, -0.2) is 46.1 Å². The number of aromatic nitrogens is 2. The SMILES string of the molecule is CC1CN(C(=O)c2nc(C(C)C)ncc2N)CC(C)O1. The van der Waals surface area contributed by atoms with Crippen LogP contribution in [0.15, 0.2) is 6.20 Å². The zero-order valence-corrected chi connectivity index (χ0v) is 12.5. The first-order valence-corrected chi connectivity index (χ1v) is 6.95. The van der Waals surface area contributed by atoms with E-state index in [4.69, 9.17) is 10.5 Å². The Labute approximate surface area is 119 Å². The summed E-state index contributed by atoms with van der Waals surface area (Å²) in [6.45, 7) is 9.00. The van der Waals surface area contributed by atoms with Gasteiger partial charge in [-0.25, -0.2) is 9.97 Å². The number of anilines is 1. The molecule has 0 aliphatic carbocycles. The minimum atomic E-state index is -0.145. The summed E-state index contributed by atoms with van der Waals surface area (Å²) in [5.74, 6) is 0.649. The molecule has 0 saturated carbocycles. The highest BCUT2D eigenvalue weighted by Crippen LogP contribution is 2.18. The van der Waals surface area contributed by atoms with Gasteiger partial charge in [0.25, 0.3) is 5.91 Å². The molecule has 0 spiro atoms. The van der Waals surface area contributed by atoms with E-state index in [1.807, 2.05) is 27.7 Å². The molecule has 20 heavy (non-hydrogen) atoms. The Kier molecular flexibility index (Phi) is 4.23. The van der Waals surface area contributed by atoms with Crippen molar-refractivity contribution < 1.29 is 9.53 Å². The third-order valence-corrected chi connectivity index (χ3v) is 3.26. The van der Waals surface area contributed by atoms with Gasteiger partial charge in [-0.1, -0.05) is 13.8 Å². The molecule has 1 fully saturated rings. The number of carbonyl (C=O) groups excluding carboxylic acids is 1. The molecule has 1 aliphatic heterocycles. The zero-order chi connectivity index (χ0) is 14.9. The van der Waals surface area contributed by atoms with Gasteiger partial charge in [-0.15, -0.1) is 0 Å². The van der Waals surface area contributed by atoms with Crippen LogP contribution in [0.1, 0.15) is 49.9 Å². The Bertz CT molecular complexity index is 494. The van der Waals surface area contributed by atoms with E-state index in [-0.39, 0.29) is 24.0 Å². The molecule has 6 nitrogen and oxygen atoms in total. The zero-order valence-electron chi connectivity index (χ0n) is 12.5. The van der Waals surface area contributed by atoms with Gasteiger partial charge in [0.2, 0.25) is 0 Å². The fraction of sp³-hybridized carbons (Fsp3) is 0.643. The van der Waals surface area contributed by atoms with Crippen LogP contribution >= 0.6 is 0 Å². The molecular formula is C14H22N4O2. The summed E-state index contributed by atoms with van der Waals surface area (Å²) in [5.41, 5.74) is 6.48. The molecule has 2 unspecified atom stereocenters. The number of rotatable bonds is 2. The summed E-state index contributed by atoms with van der Waals surface area (Å²) in [6, 6.07) is 0. The third kappa shape index (κ3) is 3.07. The highest BCUT2D eigenvalue weighted by molar-refractivity contribution is 5.97. The molecule has 2 rings (SSSR count). The lowest BCUT2D eigenvalue weighted by Gasteiger charge is -2.35. The summed E-state index contributed by atoms with van der Waals surface area (Å²) >= 11 is 0. The van der Waals surface area contributed by atoms with Gasteiger partial charge in [0.1, 0.15) is 5.82 Å². The van der Waals surface area contributed by atoms with Crippen LogP contribution in [0.5, 0.6) is 0 Å². The van der Waals surface area contributed by atoms with Crippen LogP contribution in [0.2, 0.25) is 0 Å². The Morgan fingerprint density at radius 1 is 1.40 bits per heavy atom. The minimum absolute atomic E-state index is 0.0235. The maximum atomic E-state index is 12.6. The number of morpholine rings is 1. The van der Waals surface area contributed by atoms with Gasteiger partial charge >= 0.3 is 0 Å². The van der Waals surface area contributed by atoms with Crippen LogP contribution < -0.4 is 5.73 Å². The number of nitrogens with two attached hydrogens (primary N) is 1. The van der Waals surface area contributed by atoms with Crippen LogP contribution in [0.25, 0.3) is 0 Å². The number of nitrogen functional groups attached to an aromatic ring is 1. The van der Waals surface area contributed by atoms with Gasteiger partial charge in [-0.3, -0.25) is 4.79 Å². The highest BCUT2D eigenvalue weighted by Gasteiger charge is 2.28. The molecule has 110 valence electrons. The van der Waals surface area contributed by atoms with Crippen molar-refractivity contribution in [2.24, 2.45) is 0 Å². The average Bonchev–Trinajstić information content (AvgIpc) is 2.37. The summed E-state index contributed by atoms with van der Waals surface area (Å²) in [4.78, 5) is 22.8. The molecule has 2 N–H and O–H groups in total. The van der Waals surface area contributed by atoms with Gasteiger partial charge in [-0.05, 0) is 13.8 Å². The molecule has 0 bridgehead atoms. The smallest absolute Gasteiger partial charge is 0.274 e. The molecule has 1 amide bonds. The molecule has 2 heterocycles. The Balaban J connectivity index is 2.26.